The van der Waals surface area contributed by atoms with Gasteiger partial charge in [0.25, 0.3) is 5.91 Å². The predicted molar refractivity (Wildman–Crippen MR) is 203 cm³/mol. The van der Waals surface area contributed by atoms with Crippen molar-refractivity contribution >= 4 is 34.2 Å². The Morgan fingerprint density at radius 3 is 2.64 bits per heavy atom. The van der Waals surface area contributed by atoms with Gasteiger partial charge in [-0.3, -0.25) is 14.4 Å². The van der Waals surface area contributed by atoms with Crippen LogP contribution in [0.1, 0.15) is 86.7 Å². The number of nitrogens with one attached hydrogen (secondary N) is 1. The minimum Gasteiger partial charge on any atom is -0.490 e. The molecule has 0 aromatic heterocycles. The average Bonchev–Trinajstić information content (AvgIpc) is 3.26. The number of hydrogen-bond donors (Lipinski definition) is 1. The number of halogens is 1. The summed E-state index contributed by atoms with van der Waals surface area (Å²) in [5.41, 5.74) is 4.11. The van der Waals surface area contributed by atoms with Crippen LogP contribution >= 0.6 is 11.6 Å². The average molecular weight is 725 g/mol. The van der Waals surface area contributed by atoms with Crippen molar-refractivity contribution in [1.82, 2.24) is 14.5 Å². The number of hydrogen-bond acceptors (Lipinski definition) is 7. The normalized spacial score (nSPS) is 33.6. The number of morpholine rings is 1. The molecule has 1 N–H and O–H groups in total. The summed E-state index contributed by atoms with van der Waals surface area (Å²) in [4.78, 5) is 20.7. The molecule has 1 saturated carbocycles. The van der Waals surface area contributed by atoms with Gasteiger partial charge in [-0.25, -0.2) is 4.21 Å². The summed E-state index contributed by atoms with van der Waals surface area (Å²) in [7, 11) is 0.761. The van der Waals surface area contributed by atoms with Gasteiger partial charge in [-0.15, -0.1) is 0 Å². The fourth-order valence-electron chi connectivity index (χ4n) is 9.26. The van der Waals surface area contributed by atoms with E-state index in [0.29, 0.717) is 30.0 Å². The number of amides is 1. The summed E-state index contributed by atoms with van der Waals surface area (Å²) in [6, 6.07) is 12.8. The summed E-state index contributed by atoms with van der Waals surface area (Å²) in [5, 5.41) is 0.710. The van der Waals surface area contributed by atoms with E-state index in [9.17, 15) is 9.00 Å². The first kappa shape index (κ1) is 36.2. The molecule has 1 spiro atoms. The molecule has 0 radical (unpaired) electrons. The van der Waals surface area contributed by atoms with Crippen LogP contribution in [0.5, 0.6) is 5.75 Å². The smallest absolute Gasteiger partial charge is 0.263 e. The molecular weight excluding hydrogens is 668 g/mol. The second-order valence-electron chi connectivity index (χ2n) is 16.1. The molecule has 2 aliphatic carbocycles. The Balaban J connectivity index is 0.000000302. The number of anilines is 1. The van der Waals surface area contributed by atoms with Gasteiger partial charge >= 0.3 is 0 Å². The molecule has 50 heavy (non-hydrogen) atoms. The van der Waals surface area contributed by atoms with E-state index in [2.05, 4.69) is 45.5 Å². The summed E-state index contributed by atoms with van der Waals surface area (Å²) >= 11 is 6.40. The van der Waals surface area contributed by atoms with Crippen LogP contribution < -0.4 is 14.4 Å². The lowest BCUT2D eigenvalue weighted by atomic mass is 9.68. The van der Waals surface area contributed by atoms with E-state index in [1.54, 1.807) is 0 Å². The summed E-state index contributed by atoms with van der Waals surface area (Å²) in [5.74, 6) is 2.28. The van der Waals surface area contributed by atoms with Crippen LogP contribution in [-0.2, 0) is 27.6 Å². The number of likely N-dealkylation sites (N-methyl/N-ethyl adjacent to an activating group) is 1. The molecule has 3 fully saturated rings. The van der Waals surface area contributed by atoms with Crippen LogP contribution in [0.2, 0.25) is 5.02 Å². The fourth-order valence-corrected chi connectivity index (χ4v) is 10.5. The summed E-state index contributed by atoms with van der Waals surface area (Å²) in [6.07, 6.45) is 10.5. The number of benzene rings is 2. The lowest BCUT2D eigenvalue weighted by Gasteiger charge is -2.44. The fraction of sp³-hybridized carbons (Fsp3) is 0.675. The van der Waals surface area contributed by atoms with Gasteiger partial charge in [-0.05, 0) is 112 Å². The maximum Gasteiger partial charge on any atom is 0.263 e. The first-order chi connectivity index (χ1) is 24.2. The van der Waals surface area contributed by atoms with E-state index >= 15 is 0 Å². The highest BCUT2D eigenvalue weighted by Crippen LogP contribution is 2.47. The van der Waals surface area contributed by atoms with Crippen molar-refractivity contribution in [1.29, 1.82) is 0 Å². The number of rotatable bonds is 0. The van der Waals surface area contributed by atoms with Gasteiger partial charge in [0.15, 0.2) is 0 Å². The van der Waals surface area contributed by atoms with E-state index in [1.807, 2.05) is 31.2 Å². The number of aryl methyl sites for hydroxylation is 1. The minimum atomic E-state index is -1.43. The third kappa shape index (κ3) is 7.92. The third-order valence-corrected chi connectivity index (χ3v) is 14.5. The second kappa shape index (κ2) is 15.8. The molecule has 8 rings (SSSR count). The minimum absolute atomic E-state index is 0.0845. The van der Waals surface area contributed by atoms with Crippen LogP contribution in [0.4, 0.5) is 5.69 Å². The molecule has 10 heteroatoms. The SMILES string of the molecule is CC1CCCCC2CCC2CN2C[C@@]3(CCCc4cc(Cl)ccc43)COc3ccc(cc32)C(=O)NS(=O)C1C.CN1CCN2CCOCC2C1. The van der Waals surface area contributed by atoms with Crippen molar-refractivity contribution in [2.24, 2.45) is 17.8 Å². The van der Waals surface area contributed by atoms with Gasteiger partial charge in [0.1, 0.15) is 16.7 Å². The number of carbonyl (C=O) groups excluding carboxylic acids is 1. The quantitative estimate of drug-likeness (QED) is 0.334. The van der Waals surface area contributed by atoms with Crippen LogP contribution in [0.25, 0.3) is 0 Å². The van der Waals surface area contributed by atoms with Crippen molar-refractivity contribution in [3.05, 3.63) is 58.1 Å². The molecule has 6 aliphatic rings. The maximum atomic E-state index is 13.3. The van der Waals surface area contributed by atoms with Crippen molar-refractivity contribution in [3.63, 3.8) is 0 Å². The first-order valence-corrected chi connectivity index (χ1v) is 20.8. The predicted octanol–water partition coefficient (Wildman–Crippen LogP) is 6.46. The molecule has 274 valence electrons. The Kier molecular flexibility index (Phi) is 11.5. The lowest BCUT2D eigenvalue weighted by molar-refractivity contribution is -0.0397. The molecule has 2 bridgehead atoms. The number of ether oxygens (including phenoxy) is 2. The van der Waals surface area contributed by atoms with Gasteiger partial charge in [-0.2, -0.15) is 0 Å². The first-order valence-electron chi connectivity index (χ1n) is 19.2. The monoisotopic (exact) mass is 724 g/mol. The molecule has 2 aromatic rings. The Labute approximate surface area is 307 Å². The Morgan fingerprint density at radius 1 is 0.960 bits per heavy atom. The van der Waals surface area contributed by atoms with Crippen molar-refractivity contribution in [3.8, 4) is 5.75 Å². The third-order valence-electron chi connectivity index (χ3n) is 12.8. The largest absolute Gasteiger partial charge is 0.490 e. The van der Waals surface area contributed by atoms with Crippen molar-refractivity contribution in [2.75, 3.05) is 71.0 Å². The molecule has 8 nitrogen and oxygen atoms in total. The molecule has 2 aromatic carbocycles. The molecule has 4 heterocycles. The van der Waals surface area contributed by atoms with Gasteiger partial charge in [0, 0.05) is 61.3 Å². The van der Waals surface area contributed by atoms with Gasteiger partial charge in [-0.1, -0.05) is 43.9 Å². The Morgan fingerprint density at radius 2 is 1.80 bits per heavy atom. The number of fused-ring (bicyclic) bond motifs is 5. The van der Waals surface area contributed by atoms with Crippen LogP contribution in [-0.4, -0.2) is 97.3 Å². The van der Waals surface area contributed by atoms with Crippen LogP contribution in [0.15, 0.2) is 36.4 Å². The van der Waals surface area contributed by atoms with Crippen LogP contribution in [0.3, 0.4) is 0 Å². The Bertz CT molecular complexity index is 1540. The van der Waals surface area contributed by atoms with E-state index in [1.165, 1.54) is 56.4 Å². The van der Waals surface area contributed by atoms with E-state index in [4.69, 9.17) is 21.1 Å². The standard InChI is InChI=1S/C32H41ClN2O3S.C8H16N2O/c1-21-6-3-4-7-23-9-10-26(23)18-35-19-32(15-5-8-24-16-27(33)12-13-28(24)32)20-38-30-14-11-25(17-29(30)35)31(36)34-39(37)22(21)2;1-9-2-3-10-4-5-11-7-8(10)6-9/h11-14,16-17,21-23,26H,3-10,15,18-20H2,1-2H3,(H,34,36);8H,2-7H2,1H3/t21?,22?,23?,26?,32-,39?;/m0./s1. The molecule has 7 atom stereocenters. The molecule has 2 saturated heterocycles. The maximum absolute atomic E-state index is 13.3. The highest BCUT2D eigenvalue weighted by atomic mass is 35.5. The van der Waals surface area contributed by atoms with E-state index in [-0.39, 0.29) is 16.6 Å². The lowest BCUT2D eigenvalue weighted by Crippen LogP contribution is -2.56. The highest BCUT2D eigenvalue weighted by Gasteiger charge is 2.43. The molecular formula is C40H57ClN4O4S. The van der Waals surface area contributed by atoms with Gasteiger partial charge in [0.2, 0.25) is 0 Å². The number of nitrogens with zero attached hydrogens (tertiary/aromatic N) is 3. The summed E-state index contributed by atoms with van der Waals surface area (Å²) < 4.78 is 27.9. The number of piperazine rings is 1. The zero-order valence-corrected chi connectivity index (χ0v) is 31.9. The highest BCUT2D eigenvalue weighted by molar-refractivity contribution is 7.84. The van der Waals surface area contributed by atoms with E-state index < -0.39 is 11.0 Å². The van der Waals surface area contributed by atoms with Crippen LogP contribution in [0, 0.1) is 17.8 Å². The number of carbonyl (C=O) groups is 1. The zero-order valence-electron chi connectivity index (χ0n) is 30.3. The van der Waals surface area contributed by atoms with Crippen molar-refractivity contribution in [2.45, 2.75) is 88.3 Å². The summed E-state index contributed by atoms with van der Waals surface area (Å²) in [6.45, 7) is 13.2. The van der Waals surface area contributed by atoms with Gasteiger partial charge in [0.05, 0.1) is 30.8 Å². The molecule has 4 aliphatic heterocycles. The van der Waals surface area contributed by atoms with E-state index in [0.717, 1.165) is 87.3 Å². The van der Waals surface area contributed by atoms with Gasteiger partial charge < -0.3 is 19.3 Å². The molecule has 6 unspecified atom stereocenters. The van der Waals surface area contributed by atoms with Crippen molar-refractivity contribution < 1.29 is 18.5 Å². The Hall–Kier alpha value is -2.17. The molecule has 1 amide bonds. The topological polar surface area (TPSA) is 74.4 Å². The zero-order chi connectivity index (χ0) is 34.8. The second-order valence-corrected chi connectivity index (χ2v) is 18.1.